The monoisotopic (exact) mass is 294 g/mol. The van der Waals surface area contributed by atoms with E-state index in [1.807, 2.05) is 0 Å². The fraction of sp³-hybridized carbons (Fsp3) is 0.417. The molecule has 1 aromatic heterocycles. The van der Waals surface area contributed by atoms with Crippen molar-refractivity contribution in [1.82, 2.24) is 10.3 Å². The fourth-order valence-corrected chi connectivity index (χ4v) is 2.02. The molecular weight excluding hydrogens is 280 g/mol. The fourth-order valence-electron chi connectivity index (χ4n) is 2.02. The van der Waals surface area contributed by atoms with Crippen LogP contribution < -0.4 is 10.2 Å². The predicted octanol–water partition coefficient (Wildman–Crippen LogP) is 0.103. The number of ether oxygens (including phenoxy) is 1. The van der Waals surface area contributed by atoms with Gasteiger partial charge in [0.2, 0.25) is 11.7 Å². The number of anilines is 1. The lowest BCUT2D eigenvalue weighted by molar-refractivity contribution is -0.384. The van der Waals surface area contributed by atoms with E-state index in [2.05, 4.69) is 15.0 Å². The highest BCUT2D eigenvalue weighted by molar-refractivity contribution is 5.89. The minimum Gasteiger partial charge on any atom is -0.464 e. The SMILES string of the molecule is COC(=O)c1ccc([N+](=O)[O-])c(N2CCCNC(=O)C2)n1. The molecule has 0 bridgehead atoms. The molecule has 0 radical (unpaired) electrons. The summed E-state index contributed by atoms with van der Waals surface area (Å²) in [6, 6.07) is 2.42. The van der Waals surface area contributed by atoms with Crippen molar-refractivity contribution in [3.63, 3.8) is 0 Å². The quantitative estimate of drug-likeness (QED) is 0.477. The van der Waals surface area contributed by atoms with Gasteiger partial charge >= 0.3 is 11.7 Å². The average Bonchev–Trinajstić information content (AvgIpc) is 2.70. The van der Waals surface area contributed by atoms with Gasteiger partial charge in [-0.25, -0.2) is 9.78 Å². The lowest BCUT2D eigenvalue weighted by atomic mass is 10.3. The Morgan fingerprint density at radius 1 is 1.52 bits per heavy atom. The highest BCUT2D eigenvalue weighted by atomic mass is 16.6. The summed E-state index contributed by atoms with van der Waals surface area (Å²) in [5, 5.41) is 13.8. The van der Waals surface area contributed by atoms with Crippen molar-refractivity contribution < 1.29 is 19.2 Å². The van der Waals surface area contributed by atoms with Crippen LogP contribution in [0.3, 0.4) is 0 Å². The maximum atomic E-state index is 11.6. The molecule has 112 valence electrons. The first kappa shape index (κ1) is 14.7. The number of rotatable bonds is 3. The second-order valence-electron chi connectivity index (χ2n) is 4.41. The number of pyridine rings is 1. The van der Waals surface area contributed by atoms with Crippen LogP contribution in [0.25, 0.3) is 0 Å². The van der Waals surface area contributed by atoms with Crippen LogP contribution in [0.15, 0.2) is 12.1 Å². The number of carbonyl (C=O) groups is 2. The minimum absolute atomic E-state index is 0.0000463. The second kappa shape index (κ2) is 6.16. The van der Waals surface area contributed by atoms with Gasteiger partial charge in [0.05, 0.1) is 18.6 Å². The molecule has 1 N–H and O–H groups in total. The molecule has 1 saturated heterocycles. The number of esters is 1. The van der Waals surface area contributed by atoms with E-state index in [1.54, 1.807) is 0 Å². The summed E-state index contributed by atoms with van der Waals surface area (Å²) in [6.07, 6.45) is 0.632. The number of methoxy groups -OCH3 is 1. The van der Waals surface area contributed by atoms with Gasteiger partial charge in [0.25, 0.3) is 0 Å². The summed E-state index contributed by atoms with van der Waals surface area (Å²) < 4.78 is 4.56. The Balaban J connectivity index is 2.44. The largest absolute Gasteiger partial charge is 0.464 e. The first-order valence-corrected chi connectivity index (χ1v) is 6.28. The van der Waals surface area contributed by atoms with Crippen LogP contribution in [0.5, 0.6) is 0 Å². The van der Waals surface area contributed by atoms with Crippen molar-refractivity contribution in [3.8, 4) is 0 Å². The van der Waals surface area contributed by atoms with Gasteiger partial charge < -0.3 is 15.0 Å². The van der Waals surface area contributed by atoms with Gasteiger partial charge in [-0.15, -0.1) is 0 Å². The molecule has 1 fully saturated rings. The molecule has 1 aromatic rings. The molecule has 9 nitrogen and oxygen atoms in total. The molecule has 2 rings (SSSR count). The molecule has 1 amide bonds. The first-order valence-electron chi connectivity index (χ1n) is 6.28. The third kappa shape index (κ3) is 3.25. The Bertz CT molecular complexity index is 589. The Hall–Kier alpha value is -2.71. The smallest absolute Gasteiger partial charge is 0.356 e. The van der Waals surface area contributed by atoms with Crippen LogP contribution in [0.4, 0.5) is 11.5 Å². The van der Waals surface area contributed by atoms with Gasteiger partial charge in [0.15, 0.2) is 5.69 Å². The molecule has 0 aromatic carbocycles. The summed E-state index contributed by atoms with van der Waals surface area (Å²) in [5.74, 6) is -0.933. The van der Waals surface area contributed by atoms with Crippen LogP contribution in [0.2, 0.25) is 0 Å². The average molecular weight is 294 g/mol. The highest BCUT2D eigenvalue weighted by Crippen LogP contribution is 2.26. The Morgan fingerprint density at radius 3 is 2.95 bits per heavy atom. The summed E-state index contributed by atoms with van der Waals surface area (Å²) in [6.45, 7) is 0.884. The van der Waals surface area contributed by atoms with Gasteiger partial charge in [-0.2, -0.15) is 0 Å². The number of hydrogen-bond acceptors (Lipinski definition) is 7. The summed E-state index contributed by atoms with van der Waals surface area (Å²) in [7, 11) is 1.20. The van der Waals surface area contributed by atoms with Gasteiger partial charge in [0.1, 0.15) is 0 Å². The summed E-state index contributed by atoms with van der Waals surface area (Å²) >= 11 is 0. The molecule has 1 aliphatic rings. The van der Waals surface area contributed by atoms with Crippen LogP contribution in [0.1, 0.15) is 16.9 Å². The molecule has 2 heterocycles. The van der Waals surface area contributed by atoms with Crippen molar-refractivity contribution in [2.45, 2.75) is 6.42 Å². The van der Waals surface area contributed by atoms with E-state index in [9.17, 15) is 19.7 Å². The number of nitrogens with zero attached hydrogens (tertiary/aromatic N) is 3. The lowest BCUT2D eigenvalue weighted by Crippen LogP contribution is -2.34. The van der Waals surface area contributed by atoms with Crippen LogP contribution in [-0.2, 0) is 9.53 Å². The maximum Gasteiger partial charge on any atom is 0.356 e. The third-order valence-corrected chi connectivity index (χ3v) is 3.01. The topological polar surface area (TPSA) is 115 Å². The normalized spacial score (nSPS) is 15.1. The van der Waals surface area contributed by atoms with Crippen LogP contribution in [0, 0.1) is 10.1 Å². The predicted molar refractivity (Wildman–Crippen MR) is 72.1 cm³/mol. The van der Waals surface area contributed by atoms with E-state index in [1.165, 1.54) is 24.1 Å². The molecule has 1 aliphatic heterocycles. The molecular formula is C12H14N4O5. The summed E-state index contributed by atoms with van der Waals surface area (Å²) in [5.41, 5.74) is -0.292. The maximum absolute atomic E-state index is 11.6. The van der Waals surface area contributed by atoms with Crippen molar-refractivity contribution in [2.24, 2.45) is 0 Å². The Kier molecular flexibility index (Phi) is 4.31. The first-order chi connectivity index (χ1) is 10.0. The van der Waals surface area contributed by atoms with E-state index < -0.39 is 10.9 Å². The number of carbonyl (C=O) groups excluding carboxylic acids is 2. The Labute approximate surface area is 120 Å². The van der Waals surface area contributed by atoms with Crippen molar-refractivity contribution >= 4 is 23.4 Å². The molecule has 0 unspecified atom stereocenters. The molecule has 21 heavy (non-hydrogen) atoms. The molecule has 0 atom stereocenters. The minimum atomic E-state index is -0.689. The van der Waals surface area contributed by atoms with E-state index in [4.69, 9.17) is 0 Å². The number of aromatic nitrogens is 1. The zero-order chi connectivity index (χ0) is 15.4. The number of amides is 1. The molecule has 0 aliphatic carbocycles. The van der Waals surface area contributed by atoms with Crippen molar-refractivity contribution in [2.75, 3.05) is 31.6 Å². The van der Waals surface area contributed by atoms with Gasteiger partial charge in [-0.3, -0.25) is 14.9 Å². The number of nitrogens with one attached hydrogen (secondary N) is 1. The van der Waals surface area contributed by atoms with Gasteiger partial charge in [-0.1, -0.05) is 0 Å². The molecule has 0 spiro atoms. The van der Waals surface area contributed by atoms with Gasteiger partial charge in [-0.05, 0) is 12.5 Å². The van der Waals surface area contributed by atoms with Crippen molar-refractivity contribution in [1.29, 1.82) is 0 Å². The molecule has 9 heteroatoms. The highest BCUT2D eigenvalue weighted by Gasteiger charge is 2.26. The molecule has 0 saturated carbocycles. The van der Waals surface area contributed by atoms with Gasteiger partial charge in [0, 0.05) is 19.2 Å². The summed E-state index contributed by atoms with van der Waals surface area (Å²) in [4.78, 5) is 39.1. The zero-order valence-corrected chi connectivity index (χ0v) is 11.4. The number of hydrogen-bond donors (Lipinski definition) is 1. The standard InChI is InChI=1S/C12H14N4O5/c1-21-12(18)8-3-4-9(16(19)20)11(14-8)15-6-2-5-13-10(17)7-15/h3-4H,2,5-7H2,1H3,(H,13,17). The third-order valence-electron chi connectivity index (χ3n) is 3.01. The van der Waals surface area contributed by atoms with Crippen LogP contribution >= 0.6 is 0 Å². The Morgan fingerprint density at radius 2 is 2.29 bits per heavy atom. The van der Waals surface area contributed by atoms with E-state index in [-0.39, 0.29) is 29.7 Å². The van der Waals surface area contributed by atoms with Crippen LogP contribution in [-0.4, -0.2) is 48.5 Å². The van der Waals surface area contributed by atoms with E-state index >= 15 is 0 Å². The van der Waals surface area contributed by atoms with E-state index in [0.29, 0.717) is 19.5 Å². The lowest BCUT2D eigenvalue weighted by Gasteiger charge is -2.20. The number of nitro groups is 1. The zero-order valence-electron chi connectivity index (χ0n) is 11.4. The van der Waals surface area contributed by atoms with Crippen molar-refractivity contribution in [3.05, 3.63) is 27.9 Å². The van der Waals surface area contributed by atoms with E-state index in [0.717, 1.165) is 0 Å². The second-order valence-corrected chi connectivity index (χ2v) is 4.41.